The van der Waals surface area contributed by atoms with Crippen LogP contribution in [0, 0.1) is 5.82 Å². The van der Waals surface area contributed by atoms with Crippen LogP contribution >= 0.6 is 11.6 Å². The van der Waals surface area contributed by atoms with Gasteiger partial charge in [0.25, 0.3) is 5.91 Å². The first-order valence-corrected chi connectivity index (χ1v) is 9.69. The van der Waals surface area contributed by atoms with Crippen LogP contribution in [0.15, 0.2) is 30.6 Å². The van der Waals surface area contributed by atoms with Crippen molar-refractivity contribution in [2.45, 2.75) is 26.3 Å². The normalized spacial score (nSPS) is 16.4. The first kappa shape index (κ1) is 20.1. The molecule has 2 aromatic heterocycles. The summed E-state index contributed by atoms with van der Waals surface area (Å²) in [7, 11) is 0. The molecule has 0 saturated carbocycles. The van der Waals surface area contributed by atoms with E-state index in [9.17, 15) is 14.0 Å². The Morgan fingerprint density at radius 1 is 1.30 bits per heavy atom. The number of benzene rings is 1. The maximum absolute atomic E-state index is 15.0. The number of carbonyl (C=O) groups excluding carboxylic acids is 2. The molecule has 1 fully saturated rings. The van der Waals surface area contributed by atoms with Crippen molar-refractivity contribution in [3.63, 3.8) is 0 Å². The summed E-state index contributed by atoms with van der Waals surface area (Å²) >= 11 is 6.14. The summed E-state index contributed by atoms with van der Waals surface area (Å²) in [6.45, 7) is 5.61. The van der Waals surface area contributed by atoms with Crippen LogP contribution in [0.1, 0.15) is 20.8 Å². The molecule has 0 atom stereocenters. The SMILES string of the molecule is CC(=O)N1CCN(c2cccc(-c3c(F)c(Cl)c4c(N)ncnn34)c2)C(=O)C1(C)C. The van der Waals surface area contributed by atoms with Gasteiger partial charge in [-0.15, -0.1) is 0 Å². The number of rotatable bonds is 2. The number of anilines is 2. The zero-order valence-electron chi connectivity index (χ0n) is 16.7. The quantitative estimate of drug-likeness (QED) is 0.674. The van der Waals surface area contributed by atoms with E-state index in [-0.39, 0.29) is 33.9 Å². The largest absolute Gasteiger partial charge is 0.382 e. The molecule has 0 spiro atoms. The van der Waals surface area contributed by atoms with Gasteiger partial charge in [0.1, 0.15) is 28.1 Å². The number of nitrogens with two attached hydrogens (primary N) is 1. The maximum Gasteiger partial charge on any atom is 0.252 e. The van der Waals surface area contributed by atoms with Crippen LogP contribution < -0.4 is 10.6 Å². The molecule has 8 nitrogen and oxygen atoms in total. The lowest BCUT2D eigenvalue weighted by Crippen LogP contribution is -2.64. The summed E-state index contributed by atoms with van der Waals surface area (Å²) in [5.74, 6) is -0.982. The van der Waals surface area contributed by atoms with Crippen molar-refractivity contribution in [1.82, 2.24) is 19.5 Å². The van der Waals surface area contributed by atoms with E-state index in [1.807, 2.05) is 0 Å². The smallest absolute Gasteiger partial charge is 0.252 e. The zero-order chi connectivity index (χ0) is 21.8. The van der Waals surface area contributed by atoms with Crippen LogP contribution in [0.5, 0.6) is 0 Å². The number of nitrogens with zero attached hydrogens (tertiary/aromatic N) is 5. The Morgan fingerprint density at radius 2 is 2.03 bits per heavy atom. The fourth-order valence-corrected chi connectivity index (χ4v) is 4.20. The lowest BCUT2D eigenvalue weighted by atomic mass is 9.96. The summed E-state index contributed by atoms with van der Waals surface area (Å²) in [5, 5.41) is 3.92. The van der Waals surface area contributed by atoms with Gasteiger partial charge in [0.05, 0.1) is 0 Å². The van der Waals surface area contributed by atoms with Gasteiger partial charge in [-0.25, -0.2) is 13.9 Å². The summed E-state index contributed by atoms with van der Waals surface area (Å²) in [5.41, 5.74) is 6.22. The second-order valence-electron chi connectivity index (χ2n) is 7.62. The average molecular weight is 431 g/mol. The number of amides is 2. The molecule has 1 aliphatic heterocycles. The van der Waals surface area contributed by atoms with Crippen LogP contribution in [0.4, 0.5) is 15.9 Å². The first-order chi connectivity index (χ1) is 14.1. The molecule has 0 unspecified atom stereocenters. The minimum Gasteiger partial charge on any atom is -0.382 e. The van der Waals surface area contributed by atoms with Gasteiger partial charge in [-0.3, -0.25) is 9.59 Å². The van der Waals surface area contributed by atoms with Crippen molar-refractivity contribution < 1.29 is 14.0 Å². The van der Waals surface area contributed by atoms with Gasteiger partial charge < -0.3 is 15.5 Å². The second-order valence-corrected chi connectivity index (χ2v) is 8.00. The molecule has 30 heavy (non-hydrogen) atoms. The van der Waals surface area contributed by atoms with E-state index in [0.717, 1.165) is 0 Å². The standard InChI is InChI=1S/C20H20ClFN6O2/c1-11(29)27-8-7-26(19(30)20(27,2)3)13-6-4-5-12(9-13)16-15(22)14(21)17-18(23)24-10-25-28(16)17/h4-6,9-10H,7-8H2,1-3H3,(H2,23,24,25). The van der Waals surface area contributed by atoms with Crippen LogP contribution in [0.25, 0.3) is 16.8 Å². The summed E-state index contributed by atoms with van der Waals surface area (Å²) in [6.07, 6.45) is 1.22. The van der Waals surface area contributed by atoms with Gasteiger partial charge in [-0.05, 0) is 26.0 Å². The molecule has 2 N–H and O–H groups in total. The van der Waals surface area contributed by atoms with Gasteiger partial charge >= 0.3 is 0 Å². The summed E-state index contributed by atoms with van der Waals surface area (Å²) in [4.78, 5) is 32.1. The first-order valence-electron chi connectivity index (χ1n) is 9.31. The number of hydrogen-bond donors (Lipinski definition) is 1. The third kappa shape index (κ3) is 2.88. The number of aromatic nitrogens is 3. The summed E-state index contributed by atoms with van der Waals surface area (Å²) < 4.78 is 16.3. The number of piperazine rings is 1. The highest BCUT2D eigenvalue weighted by molar-refractivity contribution is 6.35. The number of halogens is 2. The number of fused-ring (bicyclic) bond motifs is 1. The Labute approximate surface area is 177 Å². The Balaban J connectivity index is 1.80. The van der Waals surface area contributed by atoms with E-state index < -0.39 is 11.4 Å². The molecule has 0 radical (unpaired) electrons. The molecule has 2 amide bonds. The van der Waals surface area contributed by atoms with Crippen molar-refractivity contribution >= 4 is 40.4 Å². The fourth-order valence-electron chi connectivity index (χ4n) is 3.94. The highest BCUT2D eigenvalue weighted by Crippen LogP contribution is 2.37. The zero-order valence-corrected chi connectivity index (χ0v) is 17.4. The fraction of sp³-hybridized carbons (Fsp3) is 0.300. The van der Waals surface area contributed by atoms with Crippen molar-refractivity contribution in [3.05, 3.63) is 41.4 Å². The van der Waals surface area contributed by atoms with Gasteiger partial charge in [0, 0.05) is 31.3 Å². The predicted octanol–water partition coefficient (Wildman–Crippen LogP) is 2.74. The van der Waals surface area contributed by atoms with Gasteiger partial charge in [0.2, 0.25) is 5.91 Å². The van der Waals surface area contributed by atoms with E-state index in [1.54, 1.807) is 47.9 Å². The van der Waals surface area contributed by atoms with E-state index in [0.29, 0.717) is 24.3 Å². The predicted molar refractivity (Wildman–Crippen MR) is 112 cm³/mol. The van der Waals surface area contributed by atoms with E-state index >= 15 is 0 Å². The topological polar surface area (TPSA) is 96.8 Å². The van der Waals surface area contributed by atoms with Gasteiger partial charge in [0.15, 0.2) is 11.6 Å². The second kappa shape index (κ2) is 6.94. The van der Waals surface area contributed by atoms with E-state index in [1.165, 1.54) is 17.8 Å². The molecular formula is C20H20ClFN6O2. The number of carbonyl (C=O) groups is 2. The van der Waals surface area contributed by atoms with E-state index in [2.05, 4.69) is 10.1 Å². The maximum atomic E-state index is 15.0. The van der Waals surface area contributed by atoms with Crippen LogP contribution in [0.3, 0.4) is 0 Å². The minimum absolute atomic E-state index is 0.0635. The lowest BCUT2D eigenvalue weighted by molar-refractivity contribution is -0.145. The Hall–Kier alpha value is -3.20. The van der Waals surface area contributed by atoms with Crippen molar-refractivity contribution in [2.75, 3.05) is 23.7 Å². The Morgan fingerprint density at radius 3 is 2.73 bits per heavy atom. The highest BCUT2D eigenvalue weighted by Gasteiger charge is 2.43. The lowest BCUT2D eigenvalue weighted by Gasteiger charge is -2.45. The van der Waals surface area contributed by atoms with Crippen LogP contribution in [0.2, 0.25) is 5.02 Å². The average Bonchev–Trinajstić information content (AvgIpc) is 2.95. The Kier molecular flexibility index (Phi) is 4.65. The van der Waals surface area contributed by atoms with Crippen LogP contribution in [-0.4, -0.2) is 49.9 Å². The number of hydrogen-bond acceptors (Lipinski definition) is 5. The highest BCUT2D eigenvalue weighted by atomic mass is 35.5. The molecule has 3 aromatic rings. The van der Waals surface area contributed by atoms with E-state index in [4.69, 9.17) is 17.3 Å². The monoisotopic (exact) mass is 430 g/mol. The molecule has 0 aliphatic carbocycles. The molecule has 1 aliphatic rings. The van der Waals surface area contributed by atoms with Crippen molar-refractivity contribution in [3.8, 4) is 11.3 Å². The molecule has 3 heterocycles. The third-order valence-corrected chi connectivity index (χ3v) is 5.79. The molecule has 1 aromatic carbocycles. The van der Waals surface area contributed by atoms with Crippen molar-refractivity contribution in [2.24, 2.45) is 0 Å². The molecule has 10 heteroatoms. The van der Waals surface area contributed by atoms with Gasteiger partial charge in [-0.1, -0.05) is 23.7 Å². The molecule has 0 bridgehead atoms. The van der Waals surface area contributed by atoms with Gasteiger partial charge in [-0.2, -0.15) is 5.10 Å². The number of nitrogen functional groups attached to an aromatic ring is 1. The third-order valence-electron chi connectivity index (χ3n) is 5.44. The van der Waals surface area contributed by atoms with Crippen LogP contribution in [-0.2, 0) is 9.59 Å². The van der Waals surface area contributed by atoms with Crippen molar-refractivity contribution in [1.29, 1.82) is 0 Å². The molecule has 1 saturated heterocycles. The molecule has 156 valence electrons. The summed E-state index contributed by atoms with van der Waals surface area (Å²) in [6, 6.07) is 6.88. The molecular weight excluding hydrogens is 411 g/mol. The Bertz CT molecular complexity index is 1190. The minimum atomic E-state index is -0.988. The molecule has 4 rings (SSSR count).